The third kappa shape index (κ3) is 4.41. The molecule has 0 spiro atoms. The minimum Gasteiger partial charge on any atom is -0.399 e. The lowest BCUT2D eigenvalue weighted by Crippen LogP contribution is -2.28. The zero-order valence-electron chi connectivity index (χ0n) is 12.4. The molecule has 0 aliphatic carbocycles. The van der Waals surface area contributed by atoms with Gasteiger partial charge in [0, 0.05) is 12.3 Å². The van der Waals surface area contributed by atoms with E-state index in [9.17, 15) is 4.79 Å². The Morgan fingerprint density at radius 1 is 1.48 bits per heavy atom. The third-order valence-electron chi connectivity index (χ3n) is 3.13. The minimum absolute atomic E-state index is 0.168. The molecule has 0 saturated heterocycles. The van der Waals surface area contributed by atoms with Gasteiger partial charge in [0.15, 0.2) is 5.13 Å². The van der Waals surface area contributed by atoms with Crippen LogP contribution in [0.1, 0.15) is 33.1 Å². The highest BCUT2D eigenvalue weighted by Crippen LogP contribution is 2.27. The van der Waals surface area contributed by atoms with E-state index in [-0.39, 0.29) is 5.91 Å². The van der Waals surface area contributed by atoms with Crippen molar-refractivity contribution in [3.05, 3.63) is 18.2 Å². The van der Waals surface area contributed by atoms with Crippen molar-refractivity contribution in [2.45, 2.75) is 39.2 Å². The number of fused-ring (bicyclic) bond motifs is 1. The lowest BCUT2D eigenvalue weighted by Gasteiger charge is -2.11. The van der Waals surface area contributed by atoms with Crippen molar-refractivity contribution in [2.75, 3.05) is 17.7 Å². The van der Waals surface area contributed by atoms with E-state index in [0.717, 1.165) is 29.5 Å². The van der Waals surface area contributed by atoms with Crippen molar-refractivity contribution in [3.63, 3.8) is 0 Å². The number of nitrogen functional groups attached to an aromatic ring is 1. The molecule has 2 rings (SSSR count). The van der Waals surface area contributed by atoms with Gasteiger partial charge >= 0.3 is 0 Å². The number of benzene rings is 1. The van der Waals surface area contributed by atoms with Gasteiger partial charge in [0.05, 0.1) is 10.2 Å². The molecular weight excluding hydrogens is 286 g/mol. The summed E-state index contributed by atoms with van der Waals surface area (Å²) in [5.74, 6) is -0.168. The Labute approximate surface area is 128 Å². The maximum absolute atomic E-state index is 12.0. The number of anilines is 2. The smallest absolute Gasteiger partial charge is 0.254 e. The number of nitrogens with zero attached hydrogens (tertiary/aromatic N) is 1. The molecule has 0 aliphatic rings. The standard InChI is InChI=1S/C15H21N3O2S/c1-3-4-5-8-20-10(2)14(19)18-15-17-12-7-6-11(16)9-13(12)21-15/h6-7,9-10H,3-5,8,16H2,1-2H3,(H,17,18,19). The van der Waals surface area contributed by atoms with Gasteiger partial charge in [0.2, 0.25) is 0 Å². The normalized spacial score (nSPS) is 12.5. The Hall–Kier alpha value is -1.66. The van der Waals surface area contributed by atoms with Gasteiger partial charge in [-0.2, -0.15) is 0 Å². The lowest BCUT2D eigenvalue weighted by atomic mass is 10.3. The van der Waals surface area contributed by atoms with Crippen LogP contribution < -0.4 is 11.1 Å². The summed E-state index contributed by atoms with van der Waals surface area (Å²) in [5, 5.41) is 3.37. The number of carbonyl (C=O) groups is 1. The number of aromatic nitrogens is 1. The van der Waals surface area contributed by atoms with Crippen LogP contribution in [0.2, 0.25) is 0 Å². The molecule has 1 heterocycles. The first-order chi connectivity index (χ1) is 10.1. The molecule has 1 aromatic heterocycles. The molecule has 0 fully saturated rings. The summed E-state index contributed by atoms with van der Waals surface area (Å²) < 4.78 is 6.48. The van der Waals surface area contributed by atoms with Gasteiger partial charge in [0.25, 0.3) is 5.91 Å². The number of thiazole rings is 1. The molecule has 3 N–H and O–H groups in total. The predicted molar refractivity (Wildman–Crippen MR) is 87.6 cm³/mol. The molecule has 0 aliphatic heterocycles. The van der Waals surface area contributed by atoms with E-state index < -0.39 is 6.10 Å². The fraction of sp³-hybridized carbons (Fsp3) is 0.467. The summed E-state index contributed by atoms with van der Waals surface area (Å²) in [5.41, 5.74) is 7.26. The average Bonchev–Trinajstić information content (AvgIpc) is 2.84. The van der Waals surface area contributed by atoms with Gasteiger partial charge < -0.3 is 10.5 Å². The van der Waals surface area contributed by atoms with E-state index in [1.54, 1.807) is 13.0 Å². The highest BCUT2D eigenvalue weighted by molar-refractivity contribution is 7.22. The second kappa shape index (κ2) is 7.38. The minimum atomic E-state index is -0.473. The van der Waals surface area contributed by atoms with Crippen molar-refractivity contribution in [2.24, 2.45) is 0 Å². The Morgan fingerprint density at radius 2 is 2.29 bits per heavy atom. The zero-order chi connectivity index (χ0) is 15.2. The second-order valence-electron chi connectivity index (χ2n) is 4.96. The number of hydrogen-bond donors (Lipinski definition) is 2. The lowest BCUT2D eigenvalue weighted by molar-refractivity contribution is -0.126. The molecule has 5 nitrogen and oxygen atoms in total. The molecule has 0 bridgehead atoms. The first kappa shape index (κ1) is 15.7. The Balaban J connectivity index is 1.91. The maximum Gasteiger partial charge on any atom is 0.254 e. The Bertz CT molecular complexity index is 612. The molecular formula is C15H21N3O2S. The molecule has 1 atom stereocenters. The van der Waals surface area contributed by atoms with Crippen LogP contribution in [0.4, 0.5) is 10.8 Å². The third-order valence-corrected chi connectivity index (χ3v) is 4.06. The van der Waals surface area contributed by atoms with Crippen molar-refractivity contribution >= 4 is 38.3 Å². The maximum atomic E-state index is 12.0. The molecule has 1 amide bonds. The highest BCUT2D eigenvalue weighted by atomic mass is 32.1. The summed E-state index contributed by atoms with van der Waals surface area (Å²) in [4.78, 5) is 16.4. The van der Waals surface area contributed by atoms with Gasteiger partial charge in [-0.05, 0) is 31.5 Å². The second-order valence-corrected chi connectivity index (χ2v) is 5.99. The Kier molecular flexibility index (Phi) is 5.52. The summed E-state index contributed by atoms with van der Waals surface area (Å²) in [7, 11) is 0. The molecule has 0 radical (unpaired) electrons. The van der Waals surface area contributed by atoms with Gasteiger partial charge in [-0.3, -0.25) is 10.1 Å². The van der Waals surface area contributed by atoms with Crippen molar-refractivity contribution in [1.29, 1.82) is 0 Å². The largest absolute Gasteiger partial charge is 0.399 e. The van der Waals surface area contributed by atoms with Crippen LogP contribution in [-0.4, -0.2) is 23.6 Å². The van der Waals surface area contributed by atoms with E-state index in [1.807, 2.05) is 12.1 Å². The Morgan fingerprint density at radius 3 is 3.05 bits per heavy atom. The summed E-state index contributed by atoms with van der Waals surface area (Å²) in [6.45, 7) is 4.50. The number of nitrogens with two attached hydrogens (primary N) is 1. The van der Waals surface area contributed by atoms with E-state index in [1.165, 1.54) is 11.3 Å². The number of nitrogens with one attached hydrogen (secondary N) is 1. The van der Waals surface area contributed by atoms with Crippen molar-refractivity contribution in [1.82, 2.24) is 4.98 Å². The van der Waals surface area contributed by atoms with Crippen LogP contribution in [0.5, 0.6) is 0 Å². The molecule has 2 aromatic rings. The van der Waals surface area contributed by atoms with E-state index in [0.29, 0.717) is 17.4 Å². The molecule has 0 saturated carbocycles. The number of rotatable bonds is 7. The molecule has 114 valence electrons. The van der Waals surface area contributed by atoms with Crippen LogP contribution in [-0.2, 0) is 9.53 Å². The van der Waals surface area contributed by atoms with Gasteiger partial charge in [-0.25, -0.2) is 4.98 Å². The zero-order valence-corrected chi connectivity index (χ0v) is 13.2. The highest BCUT2D eigenvalue weighted by Gasteiger charge is 2.15. The molecule has 6 heteroatoms. The SMILES string of the molecule is CCCCCOC(C)C(=O)Nc1nc2ccc(N)cc2s1. The topological polar surface area (TPSA) is 77.2 Å². The predicted octanol–water partition coefficient (Wildman–Crippen LogP) is 3.41. The van der Waals surface area contributed by atoms with Crippen LogP contribution in [0.15, 0.2) is 18.2 Å². The number of hydrogen-bond acceptors (Lipinski definition) is 5. The summed E-state index contributed by atoms with van der Waals surface area (Å²) in [6.07, 6.45) is 2.76. The van der Waals surface area contributed by atoms with Crippen molar-refractivity contribution in [3.8, 4) is 0 Å². The monoisotopic (exact) mass is 307 g/mol. The molecule has 21 heavy (non-hydrogen) atoms. The van der Waals surface area contributed by atoms with Crippen LogP contribution in [0, 0.1) is 0 Å². The van der Waals surface area contributed by atoms with E-state index >= 15 is 0 Å². The number of carbonyl (C=O) groups excluding carboxylic acids is 1. The van der Waals surface area contributed by atoms with Crippen LogP contribution in [0.25, 0.3) is 10.2 Å². The first-order valence-corrected chi connectivity index (χ1v) is 8.00. The van der Waals surface area contributed by atoms with Crippen LogP contribution >= 0.6 is 11.3 Å². The number of unbranched alkanes of at least 4 members (excludes halogenated alkanes) is 2. The van der Waals surface area contributed by atoms with E-state index in [4.69, 9.17) is 10.5 Å². The first-order valence-electron chi connectivity index (χ1n) is 7.18. The number of amides is 1. The van der Waals surface area contributed by atoms with Crippen LogP contribution in [0.3, 0.4) is 0 Å². The average molecular weight is 307 g/mol. The fourth-order valence-corrected chi connectivity index (χ4v) is 2.81. The van der Waals surface area contributed by atoms with E-state index in [2.05, 4.69) is 17.2 Å². The fourth-order valence-electron chi connectivity index (χ4n) is 1.89. The summed E-state index contributed by atoms with van der Waals surface area (Å²) in [6, 6.07) is 5.50. The van der Waals surface area contributed by atoms with Gasteiger partial charge in [-0.1, -0.05) is 31.1 Å². The molecule has 1 aromatic carbocycles. The van der Waals surface area contributed by atoms with Gasteiger partial charge in [0.1, 0.15) is 6.10 Å². The van der Waals surface area contributed by atoms with Gasteiger partial charge in [-0.15, -0.1) is 0 Å². The molecule has 1 unspecified atom stereocenters. The number of ether oxygens (including phenoxy) is 1. The quantitative estimate of drug-likeness (QED) is 0.607. The summed E-state index contributed by atoms with van der Waals surface area (Å²) >= 11 is 1.41. The van der Waals surface area contributed by atoms with Crippen molar-refractivity contribution < 1.29 is 9.53 Å².